The summed E-state index contributed by atoms with van der Waals surface area (Å²) in [4.78, 5) is 12.9. The molecule has 3 aromatic rings. The summed E-state index contributed by atoms with van der Waals surface area (Å²) in [6.07, 6.45) is 0. The van der Waals surface area contributed by atoms with E-state index in [4.69, 9.17) is 0 Å². The quantitative estimate of drug-likeness (QED) is 0.554. The van der Waals surface area contributed by atoms with Crippen LogP contribution in [0.2, 0.25) is 0 Å². The van der Waals surface area contributed by atoms with E-state index in [9.17, 15) is 13.2 Å². The number of nitrogens with zero attached hydrogens (tertiary/aromatic N) is 1. The normalized spacial score (nSPS) is 11.1. The van der Waals surface area contributed by atoms with Crippen molar-refractivity contribution in [2.45, 2.75) is 18.7 Å². The predicted octanol–water partition coefficient (Wildman–Crippen LogP) is 4.90. The fraction of sp³-hybridized carbons (Fsp3) is 0.136. The lowest BCUT2D eigenvalue weighted by Gasteiger charge is -2.24. The van der Waals surface area contributed by atoms with Gasteiger partial charge in [-0.25, -0.2) is 8.42 Å². The molecule has 0 bridgehead atoms. The maximum absolute atomic E-state index is 13.3. The zero-order valence-corrected chi connectivity index (χ0v) is 18.5. The van der Waals surface area contributed by atoms with Crippen LogP contribution >= 0.6 is 15.9 Å². The molecule has 1 amide bonds. The third-order valence-corrected chi connectivity index (χ3v) is 6.80. The summed E-state index contributed by atoms with van der Waals surface area (Å²) in [5.74, 6) is -0.412. The lowest BCUT2D eigenvalue weighted by atomic mass is 10.1. The van der Waals surface area contributed by atoms with E-state index >= 15 is 0 Å². The number of hydrogen-bond acceptors (Lipinski definition) is 3. The molecule has 0 radical (unpaired) electrons. The molecule has 0 fully saturated rings. The Labute approximate surface area is 179 Å². The van der Waals surface area contributed by atoms with Gasteiger partial charge in [0.25, 0.3) is 10.0 Å². The number of carbonyl (C=O) groups is 1. The number of aryl methyl sites for hydroxylation is 2. The van der Waals surface area contributed by atoms with Gasteiger partial charge in [-0.3, -0.25) is 9.10 Å². The number of para-hydroxylation sites is 1. The molecule has 0 aromatic heterocycles. The van der Waals surface area contributed by atoms with Crippen LogP contribution in [0.25, 0.3) is 0 Å². The Bertz CT molecular complexity index is 1090. The average Bonchev–Trinajstić information content (AvgIpc) is 2.70. The minimum absolute atomic E-state index is 0.128. The summed E-state index contributed by atoms with van der Waals surface area (Å²) in [6, 6.07) is 20.6. The molecule has 5 nitrogen and oxygen atoms in total. The third-order valence-electron chi connectivity index (χ3n) is 4.48. The summed E-state index contributed by atoms with van der Waals surface area (Å²) in [5, 5.41) is 2.86. The largest absolute Gasteiger partial charge is 0.324 e. The van der Waals surface area contributed by atoms with Crippen molar-refractivity contribution in [3.63, 3.8) is 0 Å². The highest BCUT2D eigenvalue weighted by Gasteiger charge is 2.27. The Morgan fingerprint density at radius 3 is 2.07 bits per heavy atom. The van der Waals surface area contributed by atoms with Gasteiger partial charge in [-0.1, -0.05) is 52.3 Å². The van der Waals surface area contributed by atoms with Crippen molar-refractivity contribution in [1.82, 2.24) is 0 Å². The van der Waals surface area contributed by atoms with E-state index in [1.165, 1.54) is 12.1 Å². The van der Waals surface area contributed by atoms with Gasteiger partial charge in [0.1, 0.15) is 6.54 Å². The SMILES string of the molecule is Cc1cccc(C)c1NC(=O)CN(c1ccc(Br)cc1)S(=O)(=O)c1ccccc1. The van der Waals surface area contributed by atoms with Crippen LogP contribution < -0.4 is 9.62 Å². The number of rotatable bonds is 6. The lowest BCUT2D eigenvalue weighted by molar-refractivity contribution is -0.114. The van der Waals surface area contributed by atoms with E-state index in [2.05, 4.69) is 21.2 Å². The van der Waals surface area contributed by atoms with Crippen molar-refractivity contribution < 1.29 is 13.2 Å². The van der Waals surface area contributed by atoms with E-state index in [0.717, 1.165) is 19.9 Å². The van der Waals surface area contributed by atoms with Gasteiger partial charge in [-0.2, -0.15) is 0 Å². The molecule has 0 aliphatic carbocycles. The van der Waals surface area contributed by atoms with Gasteiger partial charge in [0.05, 0.1) is 10.6 Å². The van der Waals surface area contributed by atoms with Gasteiger partial charge in [-0.05, 0) is 61.4 Å². The van der Waals surface area contributed by atoms with Crippen LogP contribution in [0.3, 0.4) is 0 Å². The van der Waals surface area contributed by atoms with Crippen LogP contribution in [-0.4, -0.2) is 20.9 Å². The van der Waals surface area contributed by atoms with Crippen LogP contribution in [0.5, 0.6) is 0 Å². The zero-order chi connectivity index (χ0) is 21.0. The van der Waals surface area contributed by atoms with E-state index in [-0.39, 0.29) is 11.4 Å². The monoisotopic (exact) mass is 472 g/mol. The molecule has 0 saturated heterocycles. The number of nitrogens with one attached hydrogen (secondary N) is 1. The first-order valence-corrected chi connectivity index (χ1v) is 11.2. The molecule has 0 atom stereocenters. The second-order valence-corrected chi connectivity index (χ2v) is 9.39. The van der Waals surface area contributed by atoms with Crippen molar-refractivity contribution in [1.29, 1.82) is 0 Å². The van der Waals surface area contributed by atoms with Crippen molar-refractivity contribution in [3.05, 3.63) is 88.4 Å². The highest BCUT2D eigenvalue weighted by molar-refractivity contribution is 9.10. The van der Waals surface area contributed by atoms with Crippen LogP contribution in [0.4, 0.5) is 11.4 Å². The van der Waals surface area contributed by atoms with Gasteiger partial charge in [0, 0.05) is 10.2 Å². The van der Waals surface area contributed by atoms with Crippen LogP contribution in [0.15, 0.2) is 82.2 Å². The number of amides is 1. The molecule has 0 spiro atoms. The molecule has 0 heterocycles. The van der Waals surface area contributed by atoms with Crippen LogP contribution in [-0.2, 0) is 14.8 Å². The molecular formula is C22H21BrN2O3S. The fourth-order valence-electron chi connectivity index (χ4n) is 2.96. The number of halogens is 1. The average molecular weight is 473 g/mol. The third kappa shape index (κ3) is 4.86. The van der Waals surface area contributed by atoms with Crippen molar-refractivity contribution >= 4 is 43.2 Å². The van der Waals surface area contributed by atoms with E-state index in [0.29, 0.717) is 11.4 Å². The lowest BCUT2D eigenvalue weighted by Crippen LogP contribution is -2.38. The molecule has 0 unspecified atom stereocenters. The molecule has 3 aromatic carbocycles. The summed E-state index contributed by atoms with van der Waals surface area (Å²) >= 11 is 3.35. The Morgan fingerprint density at radius 1 is 0.897 bits per heavy atom. The Kier molecular flexibility index (Phi) is 6.39. The standard InChI is InChI=1S/C22H21BrN2O3S/c1-16-7-6-8-17(2)22(16)24-21(26)15-25(19-13-11-18(23)12-14-19)29(27,28)20-9-4-3-5-10-20/h3-14H,15H2,1-2H3,(H,24,26). The molecule has 0 saturated carbocycles. The second kappa shape index (κ2) is 8.80. The van der Waals surface area contributed by atoms with Crippen LogP contribution in [0, 0.1) is 13.8 Å². The smallest absolute Gasteiger partial charge is 0.264 e. The number of carbonyl (C=O) groups excluding carboxylic acids is 1. The van der Waals surface area contributed by atoms with E-state index in [1.54, 1.807) is 42.5 Å². The Balaban J connectivity index is 1.96. The molecule has 1 N–H and O–H groups in total. The first-order chi connectivity index (χ1) is 13.8. The van der Waals surface area contributed by atoms with Crippen molar-refractivity contribution in [2.75, 3.05) is 16.2 Å². The molecule has 0 aliphatic heterocycles. The highest BCUT2D eigenvalue weighted by atomic mass is 79.9. The first-order valence-electron chi connectivity index (χ1n) is 8.98. The minimum atomic E-state index is -3.92. The number of anilines is 2. The summed E-state index contributed by atoms with van der Waals surface area (Å²) < 4.78 is 28.5. The maximum atomic E-state index is 13.3. The maximum Gasteiger partial charge on any atom is 0.264 e. The molecule has 3 rings (SSSR count). The molecule has 29 heavy (non-hydrogen) atoms. The molecule has 7 heteroatoms. The minimum Gasteiger partial charge on any atom is -0.324 e. The topological polar surface area (TPSA) is 66.5 Å². The van der Waals surface area contributed by atoms with Crippen molar-refractivity contribution in [2.24, 2.45) is 0 Å². The number of sulfonamides is 1. The Morgan fingerprint density at radius 2 is 1.48 bits per heavy atom. The second-order valence-electron chi connectivity index (χ2n) is 6.62. The van der Waals surface area contributed by atoms with E-state index in [1.807, 2.05) is 32.0 Å². The number of hydrogen-bond donors (Lipinski definition) is 1. The summed E-state index contributed by atoms with van der Waals surface area (Å²) in [6.45, 7) is 3.46. The molecular weight excluding hydrogens is 452 g/mol. The molecule has 0 aliphatic rings. The number of benzene rings is 3. The Hall–Kier alpha value is -2.64. The van der Waals surface area contributed by atoms with Gasteiger partial charge >= 0.3 is 0 Å². The van der Waals surface area contributed by atoms with Gasteiger partial charge in [0.15, 0.2) is 0 Å². The van der Waals surface area contributed by atoms with Gasteiger partial charge in [-0.15, -0.1) is 0 Å². The van der Waals surface area contributed by atoms with Gasteiger partial charge < -0.3 is 5.32 Å². The molecule has 150 valence electrons. The highest BCUT2D eigenvalue weighted by Crippen LogP contribution is 2.26. The fourth-order valence-corrected chi connectivity index (χ4v) is 4.67. The first kappa shape index (κ1) is 21.1. The van der Waals surface area contributed by atoms with E-state index < -0.39 is 15.9 Å². The van der Waals surface area contributed by atoms with Crippen LogP contribution in [0.1, 0.15) is 11.1 Å². The summed E-state index contributed by atoms with van der Waals surface area (Å²) in [7, 11) is -3.92. The van der Waals surface area contributed by atoms with Crippen molar-refractivity contribution in [3.8, 4) is 0 Å². The predicted molar refractivity (Wildman–Crippen MR) is 120 cm³/mol. The van der Waals surface area contributed by atoms with Gasteiger partial charge in [0.2, 0.25) is 5.91 Å². The summed E-state index contributed by atoms with van der Waals surface area (Å²) in [5.41, 5.74) is 2.94. The zero-order valence-electron chi connectivity index (χ0n) is 16.1.